The van der Waals surface area contributed by atoms with Crippen LogP contribution in [-0.4, -0.2) is 11.8 Å². The van der Waals surface area contributed by atoms with Gasteiger partial charge in [-0.2, -0.15) is 0 Å². The van der Waals surface area contributed by atoms with Crippen molar-refractivity contribution in [3.8, 4) is 0 Å². The van der Waals surface area contributed by atoms with E-state index < -0.39 is 0 Å². The molecule has 0 aromatic carbocycles. The van der Waals surface area contributed by atoms with Gasteiger partial charge in [-0.3, -0.25) is 4.79 Å². The Labute approximate surface area is 73.0 Å². The van der Waals surface area contributed by atoms with E-state index in [0.29, 0.717) is 12.5 Å². The van der Waals surface area contributed by atoms with Crippen LogP contribution in [0.25, 0.3) is 0 Å². The van der Waals surface area contributed by atoms with Gasteiger partial charge in [-0.1, -0.05) is 6.92 Å². The first-order valence-corrected chi connectivity index (χ1v) is 4.74. The van der Waals surface area contributed by atoms with Crippen molar-refractivity contribution in [2.24, 2.45) is 5.92 Å². The summed E-state index contributed by atoms with van der Waals surface area (Å²) in [5, 5.41) is 3.42. The molecule has 0 saturated heterocycles. The Morgan fingerprint density at radius 2 is 2.17 bits per heavy atom. The topological polar surface area (TPSA) is 29.1 Å². The highest BCUT2D eigenvalue weighted by molar-refractivity contribution is 5.92. The zero-order valence-electron chi connectivity index (χ0n) is 7.47. The molecule has 0 aliphatic heterocycles. The lowest BCUT2D eigenvalue weighted by atomic mass is 9.82. The number of nitrogens with one attached hydrogen (secondary N) is 1. The Morgan fingerprint density at radius 3 is 2.67 bits per heavy atom. The van der Waals surface area contributed by atoms with Gasteiger partial charge >= 0.3 is 0 Å². The van der Waals surface area contributed by atoms with E-state index in [1.807, 2.05) is 0 Å². The van der Waals surface area contributed by atoms with Gasteiger partial charge in [-0.25, -0.2) is 0 Å². The summed E-state index contributed by atoms with van der Waals surface area (Å²) in [5.74, 6) is 1.16. The SMILES string of the molecule is CC1CC(NC2=CC(=O)CC2)C1. The summed E-state index contributed by atoms with van der Waals surface area (Å²) in [7, 11) is 0. The molecule has 1 saturated carbocycles. The van der Waals surface area contributed by atoms with Crippen LogP contribution in [0.15, 0.2) is 11.8 Å². The molecule has 0 heterocycles. The molecule has 1 fully saturated rings. The van der Waals surface area contributed by atoms with Crippen molar-refractivity contribution in [2.45, 2.75) is 38.6 Å². The number of rotatable bonds is 2. The number of hydrogen-bond acceptors (Lipinski definition) is 2. The van der Waals surface area contributed by atoms with E-state index in [-0.39, 0.29) is 5.78 Å². The molecule has 2 nitrogen and oxygen atoms in total. The van der Waals surface area contributed by atoms with Gasteiger partial charge in [0.25, 0.3) is 0 Å². The third kappa shape index (κ3) is 1.52. The van der Waals surface area contributed by atoms with Gasteiger partial charge in [0, 0.05) is 24.2 Å². The van der Waals surface area contributed by atoms with E-state index in [2.05, 4.69) is 12.2 Å². The lowest BCUT2D eigenvalue weighted by molar-refractivity contribution is -0.114. The van der Waals surface area contributed by atoms with Crippen molar-refractivity contribution >= 4 is 5.78 Å². The van der Waals surface area contributed by atoms with Crippen molar-refractivity contribution in [3.63, 3.8) is 0 Å². The van der Waals surface area contributed by atoms with E-state index in [1.54, 1.807) is 6.08 Å². The predicted molar refractivity (Wildman–Crippen MR) is 47.6 cm³/mol. The molecule has 0 atom stereocenters. The highest BCUT2D eigenvalue weighted by Gasteiger charge is 2.26. The Kier molecular flexibility index (Phi) is 1.91. The Morgan fingerprint density at radius 1 is 1.42 bits per heavy atom. The zero-order valence-corrected chi connectivity index (χ0v) is 7.47. The minimum Gasteiger partial charge on any atom is -0.385 e. The second kappa shape index (κ2) is 2.92. The summed E-state index contributed by atoms with van der Waals surface area (Å²) in [6, 6.07) is 0.650. The number of allylic oxidation sites excluding steroid dienone is 2. The second-order valence-corrected chi connectivity index (χ2v) is 4.05. The third-order valence-electron chi connectivity index (χ3n) is 2.74. The largest absolute Gasteiger partial charge is 0.385 e. The van der Waals surface area contributed by atoms with E-state index in [1.165, 1.54) is 12.8 Å². The molecule has 2 rings (SSSR count). The maximum Gasteiger partial charge on any atom is 0.157 e. The summed E-state index contributed by atoms with van der Waals surface area (Å²) in [6.45, 7) is 2.27. The van der Waals surface area contributed by atoms with Crippen LogP contribution in [0.1, 0.15) is 32.6 Å². The fourth-order valence-electron chi connectivity index (χ4n) is 1.99. The van der Waals surface area contributed by atoms with Crippen LogP contribution in [0, 0.1) is 5.92 Å². The van der Waals surface area contributed by atoms with Crippen molar-refractivity contribution < 1.29 is 4.79 Å². The molecule has 2 aliphatic rings. The van der Waals surface area contributed by atoms with Crippen molar-refractivity contribution in [1.82, 2.24) is 5.32 Å². The van der Waals surface area contributed by atoms with E-state index in [9.17, 15) is 4.79 Å². The van der Waals surface area contributed by atoms with Crippen LogP contribution in [-0.2, 0) is 4.79 Å². The molecular weight excluding hydrogens is 150 g/mol. The van der Waals surface area contributed by atoms with Crippen LogP contribution in [0.2, 0.25) is 0 Å². The minimum atomic E-state index is 0.282. The molecule has 0 bridgehead atoms. The maximum absolute atomic E-state index is 10.9. The Balaban J connectivity index is 1.80. The number of hydrogen-bond donors (Lipinski definition) is 1. The van der Waals surface area contributed by atoms with Gasteiger partial charge in [0.1, 0.15) is 0 Å². The fraction of sp³-hybridized carbons (Fsp3) is 0.700. The summed E-state index contributed by atoms with van der Waals surface area (Å²) in [4.78, 5) is 10.9. The third-order valence-corrected chi connectivity index (χ3v) is 2.74. The predicted octanol–water partition coefficient (Wildman–Crippen LogP) is 1.62. The summed E-state index contributed by atoms with van der Waals surface area (Å²) in [5.41, 5.74) is 1.16. The van der Waals surface area contributed by atoms with E-state index in [4.69, 9.17) is 0 Å². The molecule has 0 radical (unpaired) electrons. The second-order valence-electron chi connectivity index (χ2n) is 4.05. The normalized spacial score (nSPS) is 34.4. The van der Waals surface area contributed by atoms with Crippen molar-refractivity contribution in [1.29, 1.82) is 0 Å². The fourth-order valence-corrected chi connectivity index (χ4v) is 1.99. The minimum absolute atomic E-state index is 0.282. The van der Waals surface area contributed by atoms with Crippen LogP contribution < -0.4 is 5.32 Å². The van der Waals surface area contributed by atoms with Gasteiger partial charge in [0.05, 0.1) is 0 Å². The highest BCUT2D eigenvalue weighted by Crippen LogP contribution is 2.28. The van der Waals surface area contributed by atoms with Gasteiger partial charge in [-0.15, -0.1) is 0 Å². The monoisotopic (exact) mass is 165 g/mol. The van der Waals surface area contributed by atoms with Gasteiger partial charge in [0.15, 0.2) is 5.78 Å². The molecular formula is C10H15NO. The molecule has 0 amide bonds. The molecule has 0 spiro atoms. The number of ketones is 1. The van der Waals surface area contributed by atoms with Crippen LogP contribution in [0.5, 0.6) is 0 Å². The molecule has 66 valence electrons. The van der Waals surface area contributed by atoms with Crippen molar-refractivity contribution in [3.05, 3.63) is 11.8 Å². The number of carbonyl (C=O) groups excluding carboxylic acids is 1. The molecule has 12 heavy (non-hydrogen) atoms. The smallest absolute Gasteiger partial charge is 0.157 e. The standard InChI is InChI=1S/C10H15NO/c1-7-4-9(5-7)11-8-2-3-10(12)6-8/h6-7,9,11H,2-5H2,1H3. The molecule has 2 aliphatic carbocycles. The van der Waals surface area contributed by atoms with E-state index >= 15 is 0 Å². The first-order valence-electron chi connectivity index (χ1n) is 4.74. The van der Waals surface area contributed by atoms with Crippen LogP contribution in [0.4, 0.5) is 0 Å². The Hall–Kier alpha value is -0.790. The van der Waals surface area contributed by atoms with Crippen LogP contribution >= 0.6 is 0 Å². The maximum atomic E-state index is 10.9. The first kappa shape index (κ1) is 7.84. The van der Waals surface area contributed by atoms with Crippen molar-refractivity contribution in [2.75, 3.05) is 0 Å². The summed E-state index contributed by atoms with van der Waals surface area (Å²) < 4.78 is 0. The molecule has 0 aromatic heterocycles. The lowest BCUT2D eigenvalue weighted by Crippen LogP contribution is -2.39. The molecule has 2 heteroatoms. The van der Waals surface area contributed by atoms with E-state index in [0.717, 1.165) is 18.0 Å². The van der Waals surface area contributed by atoms with Gasteiger partial charge in [-0.05, 0) is 25.2 Å². The van der Waals surface area contributed by atoms with Gasteiger partial charge in [0.2, 0.25) is 0 Å². The van der Waals surface area contributed by atoms with Gasteiger partial charge < -0.3 is 5.32 Å². The van der Waals surface area contributed by atoms with Crippen LogP contribution in [0.3, 0.4) is 0 Å². The first-order chi connectivity index (χ1) is 5.74. The zero-order chi connectivity index (χ0) is 8.55. The average Bonchev–Trinajstić information content (AvgIpc) is 2.33. The lowest BCUT2D eigenvalue weighted by Gasteiger charge is -2.34. The summed E-state index contributed by atoms with van der Waals surface area (Å²) >= 11 is 0. The molecule has 1 N–H and O–H groups in total. The summed E-state index contributed by atoms with van der Waals surface area (Å²) in [6.07, 6.45) is 5.95. The molecule has 0 aromatic rings. The number of carbonyl (C=O) groups is 1. The Bertz CT molecular complexity index is 226. The molecule has 0 unspecified atom stereocenters. The average molecular weight is 165 g/mol. The highest BCUT2D eigenvalue weighted by atomic mass is 16.1. The quantitative estimate of drug-likeness (QED) is 0.673.